The molecule has 0 unspecified atom stereocenters. The fourth-order valence-corrected chi connectivity index (χ4v) is 3.98. The SMILES string of the molecule is CCN(CC)Cc1ccc(O)c2c1NC(=O)CC2.Cc1ccc(O)c2c1NC(=O)CC2. The van der Waals surface area contributed by atoms with Gasteiger partial charge in [0.2, 0.25) is 11.8 Å². The Morgan fingerprint density at radius 2 is 1.32 bits per heavy atom. The van der Waals surface area contributed by atoms with Crippen LogP contribution in [0.4, 0.5) is 11.4 Å². The molecular weight excluding hydrogens is 394 g/mol. The predicted octanol–water partition coefficient (Wildman–Crippen LogP) is 3.70. The van der Waals surface area contributed by atoms with Crippen molar-refractivity contribution in [1.29, 1.82) is 0 Å². The van der Waals surface area contributed by atoms with Crippen molar-refractivity contribution < 1.29 is 19.8 Å². The summed E-state index contributed by atoms with van der Waals surface area (Å²) < 4.78 is 0. The Labute approximate surface area is 183 Å². The third kappa shape index (κ3) is 5.17. The molecule has 4 N–H and O–H groups in total. The van der Waals surface area contributed by atoms with Gasteiger partial charge >= 0.3 is 0 Å². The predicted molar refractivity (Wildman–Crippen MR) is 121 cm³/mol. The quantitative estimate of drug-likeness (QED) is 0.598. The minimum absolute atomic E-state index is 0.0289. The summed E-state index contributed by atoms with van der Waals surface area (Å²) in [7, 11) is 0. The van der Waals surface area contributed by atoms with Crippen molar-refractivity contribution in [3.05, 3.63) is 46.5 Å². The number of nitrogens with one attached hydrogen (secondary N) is 2. The van der Waals surface area contributed by atoms with Crippen molar-refractivity contribution in [2.45, 2.75) is 53.0 Å². The van der Waals surface area contributed by atoms with Crippen molar-refractivity contribution >= 4 is 23.2 Å². The first kappa shape index (κ1) is 22.6. The Bertz CT molecular complexity index is 983. The van der Waals surface area contributed by atoms with E-state index in [4.69, 9.17) is 0 Å². The molecule has 7 nitrogen and oxygen atoms in total. The molecule has 166 valence electrons. The molecule has 0 bridgehead atoms. The molecule has 2 aliphatic heterocycles. The molecule has 0 saturated heterocycles. The lowest BCUT2D eigenvalue weighted by Gasteiger charge is -2.24. The minimum Gasteiger partial charge on any atom is -0.508 e. The Kier molecular flexibility index (Phi) is 7.17. The van der Waals surface area contributed by atoms with E-state index in [0.29, 0.717) is 25.7 Å². The highest BCUT2D eigenvalue weighted by Gasteiger charge is 2.21. The second kappa shape index (κ2) is 9.83. The smallest absolute Gasteiger partial charge is 0.224 e. The van der Waals surface area contributed by atoms with Crippen LogP contribution in [-0.4, -0.2) is 40.0 Å². The summed E-state index contributed by atoms with van der Waals surface area (Å²) in [6.45, 7) is 8.91. The number of carbonyl (C=O) groups excluding carboxylic acids is 2. The molecule has 2 aromatic rings. The van der Waals surface area contributed by atoms with E-state index in [2.05, 4.69) is 29.4 Å². The topological polar surface area (TPSA) is 102 Å². The third-order valence-corrected chi connectivity index (χ3v) is 5.89. The average molecular weight is 426 g/mol. The standard InChI is InChI=1S/C14H20N2O2.C10H11NO2/c1-3-16(4-2)9-10-5-7-12(17)11-6-8-13(18)15-14(10)11;1-6-2-4-8(12)7-3-5-9(13)11-10(6)7/h5,7,17H,3-4,6,8-9H2,1-2H3,(H,15,18);2,4,12H,3,5H2,1H3,(H,11,13). The Balaban J connectivity index is 0.000000185. The highest BCUT2D eigenvalue weighted by Crippen LogP contribution is 2.34. The van der Waals surface area contributed by atoms with Crippen molar-refractivity contribution in [1.82, 2.24) is 4.90 Å². The van der Waals surface area contributed by atoms with Gasteiger partial charge in [-0.15, -0.1) is 0 Å². The molecule has 2 amide bonds. The van der Waals surface area contributed by atoms with Gasteiger partial charge in [-0.05, 0) is 56.1 Å². The molecule has 4 rings (SSSR count). The number of hydrogen-bond acceptors (Lipinski definition) is 5. The molecular formula is C24H31N3O4. The Hall–Kier alpha value is -3.06. The van der Waals surface area contributed by atoms with Gasteiger partial charge in [0.25, 0.3) is 0 Å². The lowest BCUT2D eigenvalue weighted by molar-refractivity contribution is -0.117. The average Bonchev–Trinajstić information content (AvgIpc) is 2.76. The number of phenols is 2. The molecule has 7 heteroatoms. The van der Waals surface area contributed by atoms with Gasteiger partial charge in [-0.25, -0.2) is 0 Å². The van der Waals surface area contributed by atoms with Gasteiger partial charge in [0, 0.05) is 30.5 Å². The van der Waals surface area contributed by atoms with Crippen LogP contribution in [0.5, 0.6) is 11.5 Å². The van der Waals surface area contributed by atoms with Crippen LogP contribution >= 0.6 is 0 Å². The van der Waals surface area contributed by atoms with Crippen LogP contribution in [0.3, 0.4) is 0 Å². The summed E-state index contributed by atoms with van der Waals surface area (Å²) in [4.78, 5) is 24.9. The zero-order valence-corrected chi connectivity index (χ0v) is 18.4. The fraction of sp³-hybridized carbons (Fsp3) is 0.417. The molecule has 0 fully saturated rings. The van der Waals surface area contributed by atoms with E-state index in [1.165, 1.54) is 0 Å². The molecule has 2 heterocycles. The zero-order chi connectivity index (χ0) is 22.5. The maximum Gasteiger partial charge on any atom is 0.224 e. The molecule has 0 radical (unpaired) electrons. The van der Waals surface area contributed by atoms with E-state index >= 15 is 0 Å². The van der Waals surface area contributed by atoms with Crippen molar-refractivity contribution in [2.24, 2.45) is 0 Å². The summed E-state index contributed by atoms with van der Waals surface area (Å²) in [5.41, 5.74) is 5.42. The number of carbonyl (C=O) groups is 2. The number of aryl methyl sites for hydroxylation is 1. The Morgan fingerprint density at radius 1 is 0.806 bits per heavy atom. The van der Waals surface area contributed by atoms with Gasteiger partial charge in [0.1, 0.15) is 11.5 Å². The van der Waals surface area contributed by atoms with E-state index in [9.17, 15) is 19.8 Å². The summed E-state index contributed by atoms with van der Waals surface area (Å²) in [6.07, 6.45) is 2.17. The normalized spacial score (nSPS) is 14.7. The lowest BCUT2D eigenvalue weighted by Crippen LogP contribution is -2.25. The highest BCUT2D eigenvalue weighted by atomic mass is 16.3. The fourth-order valence-electron chi connectivity index (χ4n) is 3.98. The second-order valence-corrected chi connectivity index (χ2v) is 7.91. The van der Waals surface area contributed by atoms with Gasteiger partial charge in [0.05, 0.1) is 11.4 Å². The Morgan fingerprint density at radius 3 is 1.90 bits per heavy atom. The van der Waals surface area contributed by atoms with E-state index in [0.717, 1.165) is 53.3 Å². The number of benzene rings is 2. The van der Waals surface area contributed by atoms with E-state index < -0.39 is 0 Å². The number of rotatable bonds is 4. The monoisotopic (exact) mass is 425 g/mol. The van der Waals surface area contributed by atoms with Crippen LogP contribution in [0.25, 0.3) is 0 Å². The highest BCUT2D eigenvalue weighted by molar-refractivity contribution is 5.96. The number of phenolic OH excluding ortho intramolecular Hbond substituents is 2. The number of fused-ring (bicyclic) bond motifs is 2. The van der Waals surface area contributed by atoms with Crippen molar-refractivity contribution in [3.63, 3.8) is 0 Å². The zero-order valence-electron chi connectivity index (χ0n) is 18.4. The molecule has 0 spiro atoms. The molecule has 0 aliphatic carbocycles. The first-order chi connectivity index (χ1) is 14.8. The molecule has 2 aromatic carbocycles. The van der Waals surface area contributed by atoms with Gasteiger partial charge in [-0.2, -0.15) is 0 Å². The van der Waals surface area contributed by atoms with E-state index in [1.807, 2.05) is 13.0 Å². The first-order valence-electron chi connectivity index (χ1n) is 10.8. The van der Waals surface area contributed by atoms with E-state index in [1.54, 1.807) is 18.2 Å². The third-order valence-electron chi connectivity index (χ3n) is 5.89. The van der Waals surface area contributed by atoms with Crippen LogP contribution in [0.15, 0.2) is 24.3 Å². The number of anilines is 2. The van der Waals surface area contributed by atoms with Crippen LogP contribution in [0.2, 0.25) is 0 Å². The maximum absolute atomic E-state index is 11.5. The van der Waals surface area contributed by atoms with Crippen LogP contribution in [0, 0.1) is 6.92 Å². The summed E-state index contributed by atoms with van der Waals surface area (Å²) in [6, 6.07) is 7.11. The molecule has 0 aromatic heterocycles. The van der Waals surface area contributed by atoms with Gasteiger partial charge in [-0.1, -0.05) is 26.0 Å². The van der Waals surface area contributed by atoms with Gasteiger partial charge in [-0.3, -0.25) is 14.5 Å². The first-order valence-corrected chi connectivity index (χ1v) is 10.8. The molecule has 0 atom stereocenters. The van der Waals surface area contributed by atoms with Crippen molar-refractivity contribution in [3.8, 4) is 11.5 Å². The second-order valence-electron chi connectivity index (χ2n) is 7.91. The maximum atomic E-state index is 11.5. The number of amides is 2. The molecule has 0 saturated carbocycles. The van der Waals surface area contributed by atoms with Gasteiger partial charge < -0.3 is 20.8 Å². The van der Waals surface area contributed by atoms with Gasteiger partial charge in [0.15, 0.2) is 0 Å². The minimum atomic E-state index is 0.0289. The van der Waals surface area contributed by atoms with Crippen LogP contribution in [0.1, 0.15) is 48.9 Å². The summed E-state index contributed by atoms with van der Waals surface area (Å²) >= 11 is 0. The van der Waals surface area contributed by atoms with E-state index in [-0.39, 0.29) is 23.3 Å². The van der Waals surface area contributed by atoms with Crippen molar-refractivity contribution in [2.75, 3.05) is 23.7 Å². The number of hydrogen-bond donors (Lipinski definition) is 4. The van der Waals surface area contributed by atoms with Crippen LogP contribution < -0.4 is 10.6 Å². The van der Waals surface area contributed by atoms with Crippen LogP contribution in [-0.2, 0) is 29.0 Å². The lowest BCUT2D eigenvalue weighted by atomic mass is 9.97. The largest absolute Gasteiger partial charge is 0.508 e. The summed E-state index contributed by atoms with van der Waals surface area (Å²) in [5.74, 6) is 0.629. The number of aromatic hydroxyl groups is 2. The number of nitrogens with zero attached hydrogens (tertiary/aromatic N) is 1. The summed E-state index contributed by atoms with van der Waals surface area (Å²) in [5, 5.41) is 25.0. The molecule has 31 heavy (non-hydrogen) atoms. The molecule has 2 aliphatic rings.